The van der Waals surface area contributed by atoms with Gasteiger partial charge in [-0.15, -0.1) is 0 Å². The summed E-state index contributed by atoms with van der Waals surface area (Å²) in [6.45, 7) is 6.50. The molecule has 0 aromatic rings. The molecular weight excluding hydrogens is 132 g/mol. The van der Waals surface area contributed by atoms with Crippen LogP contribution < -0.4 is 11.3 Å². The SMILES string of the molecule is C=CC(=O)OC(C)(C)NN. The molecule has 0 bridgehead atoms. The Kier molecular flexibility index (Phi) is 3.05. The molecule has 0 unspecified atom stereocenters. The molecule has 0 amide bonds. The van der Waals surface area contributed by atoms with Crippen molar-refractivity contribution in [2.75, 3.05) is 0 Å². The van der Waals surface area contributed by atoms with Crippen molar-refractivity contribution in [3.05, 3.63) is 12.7 Å². The van der Waals surface area contributed by atoms with Crippen LogP contribution in [0, 0.1) is 0 Å². The number of hydrogen-bond donors (Lipinski definition) is 2. The van der Waals surface area contributed by atoms with Crippen molar-refractivity contribution in [2.24, 2.45) is 5.84 Å². The van der Waals surface area contributed by atoms with Crippen LogP contribution in [0.5, 0.6) is 0 Å². The van der Waals surface area contributed by atoms with Gasteiger partial charge in [-0.05, 0) is 13.8 Å². The molecule has 4 nitrogen and oxygen atoms in total. The van der Waals surface area contributed by atoms with E-state index in [4.69, 9.17) is 10.6 Å². The second kappa shape index (κ2) is 3.34. The van der Waals surface area contributed by atoms with Gasteiger partial charge >= 0.3 is 5.97 Å². The van der Waals surface area contributed by atoms with E-state index < -0.39 is 11.7 Å². The fraction of sp³-hybridized carbons (Fsp3) is 0.500. The highest BCUT2D eigenvalue weighted by molar-refractivity contribution is 5.81. The van der Waals surface area contributed by atoms with Gasteiger partial charge in [0.25, 0.3) is 0 Å². The molecule has 0 saturated heterocycles. The number of esters is 1. The fourth-order valence-electron chi connectivity index (χ4n) is 0.323. The molecule has 0 aromatic heterocycles. The van der Waals surface area contributed by atoms with Gasteiger partial charge in [-0.1, -0.05) is 6.58 Å². The molecule has 0 aliphatic carbocycles. The van der Waals surface area contributed by atoms with Crippen molar-refractivity contribution in [1.29, 1.82) is 0 Å². The molecule has 0 aliphatic heterocycles. The van der Waals surface area contributed by atoms with Gasteiger partial charge in [-0.3, -0.25) is 5.84 Å². The van der Waals surface area contributed by atoms with Crippen LogP contribution >= 0.6 is 0 Å². The summed E-state index contributed by atoms with van der Waals surface area (Å²) in [4.78, 5) is 10.6. The molecule has 0 heterocycles. The van der Waals surface area contributed by atoms with Crippen LogP contribution in [0.3, 0.4) is 0 Å². The summed E-state index contributed by atoms with van der Waals surface area (Å²) in [5.41, 5.74) is 1.49. The maximum Gasteiger partial charge on any atom is 0.331 e. The summed E-state index contributed by atoms with van der Waals surface area (Å²) in [6.07, 6.45) is 1.08. The highest BCUT2D eigenvalue weighted by Gasteiger charge is 2.18. The molecule has 0 rings (SSSR count). The second-order valence-electron chi connectivity index (χ2n) is 2.28. The van der Waals surface area contributed by atoms with Gasteiger partial charge in [-0.2, -0.15) is 0 Å². The first-order chi connectivity index (χ1) is 4.52. The van der Waals surface area contributed by atoms with Gasteiger partial charge in [-0.25, -0.2) is 10.2 Å². The largest absolute Gasteiger partial charge is 0.440 e. The summed E-state index contributed by atoms with van der Waals surface area (Å²) >= 11 is 0. The van der Waals surface area contributed by atoms with Crippen LogP contribution in [0.25, 0.3) is 0 Å². The van der Waals surface area contributed by atoms with Gasteiger partial charge in [0.05, 0.1) is 0 Å². The summed E-state index contributed by atoms with van der Waals surface area (Å²) in [6, 6.07) is 0. The fourth-order valence-corrected chi connectivity index (χ4v) is 0.323. The third-order valence-electron chi connectivity index (χ3n) is 0.870. The predicted octanol–water partition coefficient (Wildman–Crippen LogP) is -0.0850. The van der Waals surface area contributed by atoms with Gasteiger partial charge in [0.1, 0.15) is 0 Å². The molecule has 4 heteroatoms. The van der Waals surface area contributed by atoms with E-state index in [1.165, 1.54) is 0 Å². The number of rotatable bonds is 3. The van der Waals surface area contributed by atoms with E-state index in [-0.39, 0.29) is 0 Å². The Labute approximate surface area is 60.0 Å². The molecule has 0 spiro atoms. The molecular formula is C6H12N2O2. The van der Waals surface area contributed by atoms with Crippen molar-refractivity contribution in [3.8, 4) is 0 Å². The summed E-state index contributed by atoms with van der Waals surface area (Å²) in [7, 11) is 0. The van der Waals surface area contributed by atoms with E-state index in [1.54, 1.807) is 13.8 Å². The van der Waals surface area contributed by atoms with Crippen LogP contribution in [0.15, 0.2) is 12.7 Å². The van der Waals surface area contributed by atoms with E-state index >= 15 is 0 Å². The third-order valence-corrected chi connectivity index (χ3v) is 0.870. The maximum atomic E-state index is 10.6. The number of hydrogen-bond acceptors (Lipinski definition) is 4. The molecule has 3 N–H and O–H groups in total. The van der Waals surface area contributed by atoms with E-state index in [1.807, 2.05) is 0 Å². The lowest BCUT2D eigenvalue weighted by atomic mass is 10.3. The Morgan fingerprint density at radius 3 is 2.60 bits per heavy atom. The van der Waals surface area contributed by atoms with Crippen molar-refractivity contribution in [1.82, 2.24) is 5.43 Å². The Bertz CT molecular complexity index is 143. The Hall–Kier alpha value is -0.870. The Morgan fingerprint density at radius 2 is 2.30 bits per heavy atom. The number of ether oxygens (including phenoxy) is 1. The lowest BCUT2D eigenvalue weighted by Gasteiger charge is -2.22. The smallest absolute Gasteiger partial charge is 0.331 e. The number of hydrazine groups is 1. The first-order valence-corrected chi connectivity index (χ1v) is 2.85. The van der Waals surface area contributed by atoms with Gasteiger partial charge in [0.2, 0.25) is 0 Å². The first kappa shape index (κ1) is 9.13. The van der Waals surface area contributed by atoms with Gasteiger partial charge in [0.15, 0.2) is 5.72 Å². The quantitative estimate of drug-likeness (QED) is 0.191. The summed E-state index contributed by atoms with van der Waals surface area (Å²) in [5, 5.41) is 0. The minimum absolute atomic E-state index is 0.497. The van der Waals surface area contributed by atoms with Gasteiger partial charge in [0, 0.05) is 6.08 Å². The van der Waals surface area contributed by atoms with Gasteiger partial charge < -0.3 is 4.74 Å². The van der Waals surface area contributed by atoms with Crippen LogP contribution in [0.1, 0.15) is 13.8 Å². The number of carbonyl (C=O) groups is 1. The van der Waals surface area contributed by atoms with E-state index in [0.717, 1.165) is 6.08 Å². The van der Waals surface area contributed by atoms with Crippen molar-refractivity contribution < 1.29 is 9.53 Å². The zero-order chi connectivity index (χ0) is 8.20. The standard InChI is InChI=1S/C6H12N2O2/c1-4-5(9)10-6(2,3)8-7/h4,8H,1,7H2,2-3H3. The van der Waals surface area contributed by atoms with E-state index in [0.29, 0.717) is 0 Å². The van der Waals surface area contributed by atoms with Crippen LogP contribution in [0.2, 0.25) is 0 Å². The number of carbonyl (C=O) groups excluding carboxylic acids is 1. The zero-order valence-electron chi connectivity index (χ0n) is 6.18. The highest BCUT2D eigenvalue weighted by atomic mass is 16.6. The Balaban J connectivity index is 3.87. The molecule has 0 atom stereocenters. The minimum atomic E-state index is -0.828. The first-order valence-electron chi connectivity index (χ1n) is 2.85. The summed E-state index contributed by atoms with van der Waals surface area (Å²) in [5.74, 6) is 4.55. The highest BCUT2D eigenvalue weighted by Crippen LogP contribution is 2.01. The van der Waals surface area contributed by atoms with Crippen molar-refractivity contribution in [2.45, 2.75) is 19.6 Å². The normalized spacial score (nSPS) is 10.7. The van der Waals surface area contributed by atoms with E-state index in [9.17, 15) is 4.79 Å². The summed E-state index contributed by atoms with van der Waals surface area (Å²) < 4.78 is 4.74. The van der Waals surface area contributed by atoms with E-state index in [2.05, 4.69) is 12.0 Å². The minimum Gasteiger partial charge on any atom is -0.440 e. The third kappa shape index (κ3) is 3.21. The number of nitrogens with two attached hydrogens (primary N) is 1. The molecule has 10 heavy (non-hydrogen) atoms. The topological polar surface area (TPSA) is 64.3 Å². The lowest BCUT2D eigenvalue weighted by Crippen LogP contribution is -2.47. The molecule has 58 valence electrons. The molecule has 0 radical (unpaired) electrons. The lowest BCUT2D eigenvalue weighted by molar-refractivity contribution is -0.153. The van der Waals surface area contributed by atoms with Crippen LogP contribution in [0.4, 0.5) is 0 Å². The average molecular weight is 144 g/mol. The average Bonchev–Trinajstić information content (AvgIpc) is 1.87. The predicted molar refractivity (Wildman–Crippen MR) is 37.7 cm³/mol. The molecule has 0 aliphatic rings. The van der Waals surface area contributed by atoms with Crippen LogP contribution in [-0.2, 0) is 9.53 Å². The Morgan fingerprint density at radius 1 is 1.80 bits per heavy atom. The maximum absolute atomic E-state index is 10.6. The van der Waals surface area contributed by atoms with Crippen molar-refractivity contribution in [3.63, 3.8) is 0 Å². The molecule has 0 aromatic carbocycles. The van der Waals surface area contributed by atoms with Crippen LogP contribution in [-0.4, -0.2) is 11.7 Å². The monoisotopic (exact) mass is 144 g/mol. The number of nitrogens with one attached hydrogen (secondary N) is 1. The van der Waals surface area contributed by atoms with Crippen molar-refractivity contribution >= 4 is 5.97 Å². The molecule has 0 fully saturated rings. The second-order valence-corrected chi connectivity index (χ2v) is 2.28. The molecule has 0 saturated carbocycles. The zero-order valence-corrected chi connectivity index (χ0v) is 6.18.